The van der Waals surface area contributed by atoms with Gasteiger partial charge in [-0.15, -0.1) is 0 Å². The van der Waals surface area contributed by atoms with E-state index in [1.807, 2.05) is 0 Å². The zero-order valence-corrected chi connectivity index (χ0v) is 19.9. The minimum absolute atomic E-state index is 0.0666. The summed E-state index contributed by atoms with van der Waals surface area (Å²) in [6.45, 7) is 3.59. The first-order valence-electron chi connectivity index (χ1n) is 12.7. The summed E-state index contributed by atoms with van der Waals surface area (Å²) in [7, 11) is 0. The fraction of sp³-hybridized carbons (Fsp3) is 0.448. The molecule has 5 heteroatoms. The van der Waals surface area contributed by atoms with Crippen LogP contribution in [0.3, 0.4) is 0 Å². The van der Waals surface area contributed by atoms with Gasteiger partial charge in [-0.25, -0.2) is 9.37 Å². The Balaban J connectivity index is 1.36. The van der Waals surface area contributed by atoms with Crippen molar-refractivity contribution in [3.05, 3.63) is 88.9 Å². The maximum atomic E-state index is 13.4. The number of rotatable bonds is 6. The molecule has 2 aliphatic rings. The molecule has 2 aromatic carbocycles. The summed E-state index contributed by atoms with van der Waals surface area (Å²) in [4.78, 5) is 20.2. The number of aromatic nitrogens is 1. The van der Waals surface area contributed by atoms with Crippen LogP contribution in [0.5, 0.6) is 0 Å². The molecule has 5 rings (SSSR count). The second-order valence-electron chi connectivity index (χ2n) is 9.93. The van der Waals surface area contributed by atoms with E-state index in [2.05, 4.69) is 36.1 Å². The first kappa shape index (κ1) is 22.8. The number of nitrogens with zero attached hydrogens (tertiary/aromatic N) is 2. The van der Waals surface area contributed by atoms with Crippen LogP contribution in [0.15, 0.2) is 59.2 Å². The maximum absolute atomic E-state index is 13.4. The molecule has 1 aromatic heterocycles. The lowest BCUT2D eigenvalue weighted by Gasteiger charge is -2.38. The van der Waals surface area contributed by atoms with Crippen LogP contribution >= 0.6 is 0 Å². The topological polar surface area (TPSA) is 46.3 Å². The number of aryl methyl sites for hydroxylation is 1. The lowest BCUT2D eigenvalue weighted by molar-refractivity contribution is -0.137. The lowest BCUT2D eigenvalue weighted by atomic mass is 9.83. The Morgan fingerprint density at radius 2 is 1.68 bits per heavy atom. The van der Waals surface area contributed by atoms with E-state index >= 15 is 0 Å². The summed E-state index contributed by atoms with van der Waals surface area (Å²) in [5, 5.41) is 0. The number of oxazole rings is 1. The third-order valence-corrected chi connectivity index (χ3v) is 7.54. The molecular formula is C29H33FN2O2. The minimum atomic E-state index is -0.239. The van der Waals surface area contributed by atoms with Crippen LogP contribution in [-0.4, -0.2) is 28.9 Å². The molecule has 34 heavy (non-hydrogen) atoms. The van der Waals surface area contributed by atoms with Crippen molar-refractivity contribution in [3.8, 4) is 0 Å². The van der Waals surface area contributed by atoms with E-state index in [-0.39, 0.29) is 23.6 Å². The molecule has 178 valence electrons. The van der Waals surface area contributed by atoms with Gasteiger partial charge in [0.15, 0.2) is 5.89 Å². The van der Waals surface area contributed by atoms with Gasteiger partial charge in [0, 0.05) is 31.3 Å². The summed E-state index contributed by atoms with van der Waals surface area (Å²) in [5.74, 6) is 1.27. The van der Waals surface area contributed by atoms with Gasteiger partial charge in [-0.2, -0.15) is 0 Å². The predicted octanol–water partition coefficient (Wildman–Crippen LogP) is 6.26. The summed E-state index contributed by atoms with van der Waals surface area (Å²) >= 11 is 0. The number of halogens is 1. The Labute approximate surface area is 201 Å². The van der Waals surface area contributed by atoms with Gasteiger partial charge in [-0.05, 0) is 54.5 Å². The van der Waals surface area contributed by atoms with Gasteiger partial charge >= 0.3 is 0 Å². The SMILES string of the molecule is CCc1ccc(C2CC(c3nc(Cc4ccc(F)cc4)co3)CN(C(=O)C3CCCC3)C2)cc1. The standard InChI is InChI=1S/C29H33FN2O2/c1-2-20-7-11-22(12-8-20)24-16-25(18-32(17-24)29(33)23-5-3-4-6-23)28-31-27(19-34-28)15-21-9-13-26(30)14-10-21/h7-14,19,23-25H,2-6,15-18H2,1H3. The number of benzene rings is 2. The van der Waals surface area contributed by atoms with Crippen molar-refractivity contribution >= 4 is 5.91 Å². The van der Waals surface area contributed by atoms with Crippen molar-refractivity contribution in [1.82, 2.24) is 9.88 Å². The van der Waals surface area contributed by atoms with Crippen LogP contribution < -0.4 is 0 Å². The number of piperidine rings is 1. The van der Waals surface area contributed by atoms with Crippen molar-refractivity contribution in [2.75, 3.05) is 13.1 Å². The van der Waals surface area contributed by atoms with Crippen LogP contribution in [0.1, 0.15) is 79.1 Å². The molecule has 2 fully saturated rings. The molecule has 1 saturated heterocycles. The maximum Gasteiger partial charge on any atom is 0.225 e. The zero-order valence-electron chi connectivity index (χ0n) is 19.9. The largest absolute Gasteiger partial charge is 0.448 e. The van der Waals surface area contributed by atoms with Crippen LogP contribution in [0.25, 0.3) is 0 Å². The highest BCUT2D eigenvalue weighted by molar-refractivity contribution is 5.79. The third-order valence-electron chi connectivity index (χ3n) is 7.54. The summed E-state index contributed by atoms with van der Waals surface area (Å²) < 4.78 is 19.2. The minimum Gasteiger partial charge on any atom is -0.448 e. The number of amides is 1. The van der Waals surface area contributed by atoms with Gasteiger partial charge in [0.1, 0.15) is 12.1 Å². The van der Waals surface area contributed by atoms with E-state index in [4.69, 9.17) is 9.40 Å². The van der Waals surface area contributed by atoms with Crippen molar-refractivity contribution < 1.29 is 13.6 Å². The number of hydrogen-bond acceptors (Lipinski definition) is 3. The fourth-order valence-corrected chi connectivity index (χ4v) is 5.56. The average Bonchev–Trinajstić information content (AvgIpc) is 3.58. The first-order chi connectivity index (χ1) is 16.6. The molecule has 1 amide bonds. The van der Waals surface area contributed by atoms with Crippen molar-refractivity contribution in [3.63, 3.8) is 0 Å². The quantitative estimate of drug-likeness (QED) is 0.436. The summed E-state index contributed by atoms with van der Waals surface area (Å²) in [6, 6.07) is 15.3. The number of hydrogen-bond donors (Lipinski definition) is 0. The molecular weight excluding hydrogens is 427 g/mol. The Bertz CT molecular complexity index is 1100. The van der Waals surface area contributed by atoms with Crippen molar-refractivity contribution in [2.24, 2.45) is 5.92 Å². The second-order valence-corrected chi connectivity index (χ2v) is 9.93. The molecule has 2 atom stereocenters. The van der Waals surface area contributed by atoms with E-state index in [1.54, 1.807) is 18.4 Å². The zero-order chi connectivity index (χ0) is 23.5. The van der Waals surface area contributed by atoms with Gasteiger partial charge < -0.3 is 9.32 Å². The molecule has 0 bridgehead atoms. The average molecular weight is 461 g/mol. The molecule has 0 radical (unpaired) electrons. The highest BCUT2D eigenvalue weighted by Gasteiger charge is 2.37. The Kier molecular flexibility index (Phi) is 6.80. The van der Waals surface area contributed by atoms with E-state index in [1.165, 1.54) is 23.3 Å². The first-order valence-corrected chi connectivity index (χ1v) is 12.7. The molecule has 3 aromatic rings. The summed E-state index contributed by atoms with van der Waals surface area (Å²) in [5.41, 5.74) is 4.44. The Morgan fingerprint density at radius 1 is 1.00 bits per heavy atom. The molecule has 4 nitrogen and oxygen atoms in total. The third kappa shape index (κ3) is 5.08. The van der Waals surface area contributed by atoms with Crippen LogP contribution in [0.2, 0.25) is 0 Å². The van der Waals surface area contributed by atoms with E-state index in [9.17, 15) is 9.18 Å². The van der Waals surface area contributed by atoms with Gasteiger partial charge in [0.25, 0.3) is 0 Å². The molecule has 1 aliphatic heterocycles. The van der Waals surface area contributed by atoms with Gasteiger partial charge in [-0.3, -0.25) is 4.79 Å². The second kappa shape index (κ2) is 10.1. The van der Waals surface area contributed by atoms with Gasteiger partial charge in [-0.1, -0.05) is 56.2 Å². The highest BCUT2D eigenvalue weighted by atomic mass is 19.1. The number of carbonyl (C=O) groups is 1. The monoisotopic (exact) mass is 460 g/mol. The van der Waals surface area contributed by atoms with Crippen LogP contribution in [-0.2, 0) is 17.6 Å². The Morgan fingerprint density at radius 3 is 2.38 bits per heavy atom. The fourth-order valence-electron chi connectivity index (χ4n) is 5.56. The van der Waals surface area contributed by atoms with Crippen molar-refractivity contribution in [2.45, 2.75) is 63.7 Å². The molecule has 2 heterocycles. The number of carbonyl (C=O) groups excluding carboxylic acids is 1. The lowest BCUT2D eigenvalue weighted by Crippen LogP contribution is -2.44. The molecule has 2 unspecified atom stereocenters. The predicted molar refractivity (Wildman–Crippen MR) is 130 cm³/mol. The van der Waals surface area contributed by atoms with Gasteiger partial charge in [0.05, 0.1) is 11.6 Å². The van der Waals surface area contributed by atoms with Crippen molar-refractivity contribution in [1.29, 1.82) is 0 Å². The van der Waals surface area contributed by atoms with Gasteiger partial charge in [0.2, 0.25) is 5.91 Å². The van der Waals surface area contributed by atoms with E-state index in [0.29, 0.717) is 24.8 Å². The van der Waals surface area contributed by atoms with Crippen LogP contribution in [0.4, 0.5) is 4.39 Å². The number of likely N-dealkylation sites (tertiary alicyclic amines) is 1. The van der Waals surface area contributed by atoms with E-state index in [0.717, 1.165) is 56.3 Å². The van der Waals surface area contributed by atoms with Crippen LogP contribution in [0, 0.1) is 11.7 Å². The van der Waals surface area contributed by atoms with E-state index < -0.39 is 0 Å². The highest BCUT2D eigenvalue weighted by Crippen LogP contribution is 2.38. The molecule has 1 aliphatic carbocycles. The summed E-state index contributed by atoms with van der Waals surface area (Å²) in [6.07, 6.45) is 8.57. The molecule has 0 spiro atoms. The Hall–Kier alpha value is -2.95. The normalized spacial score (nSPS) is 21.2. The molecule has 1 saturated carbocycles. The molecule has 0 N–H and O–H groups in total. The smallest absolute Gasteiger partial charge is 0.225 e.